The molecule has 0 unspecified atom stereocenters. The summed E-state index contributed by atoms with van der Waals surface area (Å²) < 4.78 is 58.3. The molecule has 0 N–H and O–H groups in total. The normalized spacial score (nSPS) is 15.0. The second-order valence-electron chi connectivity index (χ2n) is 6.52. The van der Waals surface area contributed by atoms with Crippen molar-refractivity contribution in [2.24, 2.45) is 0 Å². The molecule has 1 fully saturated rings. The van der Waals surface area contributed by atoms with Gasteiger partial charge in [0.1, 0.15) is 11.6 Å². The molecule has 1 amide bonds. The molecular formula is C18H16ClF2N3O6S. The van der Waals surface area contributed by atoms with Gasteiger partial charge in [-0.05, 0) is 24.3 Å². The van der Waals surface area contributed by atoms with E-state index in [4.69, 9.17) is 16.3 Å². The van der Waals surface area contributed by atoms with E-state index >= 15 is 0 Å². The van der Waals surface area contributed by atoms with E-state index in [-0.39, 0.29) is 41.8 Å². The summed E-state index contributed by atoms with van der Waals surface area (Å²) in [5.74, 6) is -2.42. The van der Waals surface area contributed by atoms with Crippen LogP contribution >= 0.6 is 11.6 Å². The minimum atomic E-state index is -3.93. The molecule has 0 atom stereocenters. The summed E-state index contributed by atoms with van der Waals surface area (Å²) in [6, 6.07) is 5.72. The second-order valence-corrected chi connectivity index (χ2v) is 8.86. The number of ether oxygens (including phenoxy) is 1. The first-order chi connectivity index (χ1) is 14.6. The Kier molecular flexibility index (Phi) is 6.72. The van der Waals surface area contributed by atoms with Crippen molar-refractivity contribution in [3.05, 3.63) is 63.2 Å². The summed E-state index contributed by atoms with van der Waals surface area (Å²) in [6.45, 7) is -0.542. The van der Waals surface area contributed by atoms with Crippen LogP contribution in [0.4, 0.5) is 14.5 Å². The molecule has 31 heavy (non-hydrogen) atoms. The fraction of sp³-hybridized carbons (Fsp3) is 0.278. The topological polar surface area (TPSA) is 110 Å². The van der Waals surface area contributed by atoms with Crippen LogP contribution in [0.3, 0.4) is 0 Å². The van der Waals surface area contributed by atoms with Gasteiger partial charge in [-0.1, -0.05) is 11.6 Å². The van der Waals surface area contributed by atoms with E-state index in [0.717, 1.165) is 40.7 Å². The third-order valence-corrected chi connectivity index (χ3v) is 6.77. The number of halogens is 3. The lowest BCUT2D eigenvalue weighted by molar-refractivity contribution is -0.385. The number of hydrogen-bond donors (Lipinski definition) is 0. The highest BCUT2D eigenvalue weighted by atomic mass is 35.5. The number of nitro benzene ring substituents is 1. The highest BCUT2D eigenvalue weighted by Crippen LogP contribution is 2.27. The number of nitrogens with zero attached hydrogens (tertiary/aromatic N) is 3. The maximum atomic E-state index is 13.3. The molecule has 0 spiro atoms. The molecule has 1 aliphatic heterocycles. The van der Waals surface area contributed by atoms with Crippen LogP contribution < -0.4 is 4.74 Å². The van der Waals surface area contributed by atoms with Crippen molar-refractivity contribution < 1.29 is 31.7 Å². The van der Waals surface area contributed by atoms with Crippen LogP contribution in [0.25, 0.3) is 0 Å². The lowest BCUT2D eigenvalue weighted by atomic mass is 10.3. The summed E-state index contributed by atoms with van der Waals surface area (Å²) >= 11 is 5.66. The SMILES string of the molecule is O=C(COc1cc(F)ccc1[N+](=O)[O-])N1CCN(S(=O)(=O)c2ccc(F)c(Cl)c2)CC1. The van der Waals surface area contributed by atoms with Crippen molar-refractivity contribution >= 4 is 33.2 Å². The molecule has 3 rings (SSSR count). The molecule has 0 radical (unpaired) electrons. The highest BCUT2D eigenvalue weighted by molar-refractivity contribution is 7.89. The summed E-state index contributed by atoms with van der Waals surface area (Å²) in [7, 11) is -3.93. The molecule has 9 nitrogen and oxygen atoms in total. The van der Waals surface area contributed by atoms with E-state index in [1.54, 1.807) is 0 Å². The standard InChI is InChI=1S/C18H16ClF2N3O6S/c19-14-10-13(2-3-15(14)21)31(28,29)23-7-5-22(6-8-23)18(25)11-30-17-9-12(20)1-4-16(17)24(26)27/h1-4,9-10H,5-8,11H2. The van der Waals surface area contributed by atoms with Crippen molar-refractivity contribution in [3.63, 3.8) is 0 Å². The monoisotopic (exact) mass is 475 g/mol. The summed E-state index contributed by atoms with van der Waals surface area (Å²) in [5.41, 5.74) is -0.483. The van der Waals surface area contributed by atoms with E-state index in [9.17, 15) is 32.1 Å². The Balaban J connectivity index is 1.61. The van der Waals surface area contributed by atoms with Gasteiger partial charge in [0.25, 0.3) is 5.91 Å². The smallest absolute Gasteiger partial charge is 0.311 e. The van der Waals surface area contributed by atoms with Crippen LogP contribution in [0.2, 0.25) is 5.02 Å². The molecular weight excluding hydrogens is 460 g/mol. The summed E-state index contributed by atoms with van der Waals surface area (Å²) in [6.07, 6.45) is 0. The number of amides is 1. The van der Waals surface area contributed by atoms with E-state index in [2.05, 4.69) is 0 Å². The Morgan fingerprint density at radius 1 is 1.13 bits per heavy atom. The van der Waals surface area contributed by atoms with Gasteiger partial charge in [-0.3, -0.25) is 14.9 Å². The molecule has 2 aromatic rings. The molecule has 1 saturated heterocycles. The van der Waals surface area contributed by atoms with Crippen molar-refractivity contribution in [1.29, 1.82) is 0 Å². The zero-order chi connectivity index (χ0) is 22.8. The van der Waals surface area contributed by atoms with Crippen LogP contribution in [-0.2, 0) is 14.8 Å². The molecule has 0 saturated carbocycles. The molecule has 166 valence electrons. The fourth-order valence-electron chi connectivity index (χ4n) is 2.95. The molecule has 0 aliphatic carbocycles. The van der Waals surface area contributed by atoms with Gasteiger partial charge in [0.05, 0.1) is 14.8 Å². The van der Waals surface area contributed by atoms with Crippen LogP contribution in [0.5, 0.6) is 5.75 Å². The first-order valence-corrected chi connectivity index (χ1v) is 10.7. The number of piperazine rings is 1. The maximum absolute atomic E-state index is 13.3. The average molecular weight is 476 g/mol. The van der Waals surface area contributed by atoms with Gasteiger partial charge in [-0.15, -0.1) is 0 Å². The number of nitro groups is 1. The van der Waals surface area contributed by atoms with Crippen LogP contribution in [-0.4, -0.2) is 61.2 Å². The molecule has 0 bridgehead atoms. The lowest BCUT2D eigenvalue weighted by Gasteiger charge is -2.34. The largest absolute Gasteiger partial charge is 0.477 e. The summed E-state index contributed by atoms with van der Waals surface area (Å²) in [5, 5.41) is 10.7. The van der Waals surface area contributed by atoms with Crippen LogP contribution in [0.1, 0.15) is 0 Å². The van der Waals surface area contributed by atoms with Gasteiger partial charge >= 0.3 is 5.69 Å². The number of rotatable bonds is 6. The quantitative estimate of drug-likeness (QED) is 0.469. The average Bonchev–Trinajstić information content (AvgIpc) is 2.73. The van der Waals surface area contributed by atoms with Crippen molar-refractivity contribution in [2.45, 2.75) is 4.90 Å². The molecule has 13 heteroatoms. The Bertz CT molecular complexity index is 1120. The number of carbonyl (C=O) groups is 1. The lowest BCUT2D eigenvalue weighted by Crippen LogP contribution is -2.51. The van der Waals surface area contributed by atoms with Crippen molar-refractivity contribution in [1.82, 2.24) is 9.21 Å². The zero-order valence-electron chi connectivity index (χ0n) is 15.8. The number of benzene rings is 2. The van der Waals surface area contributed by atoms with Gasteiger partial charge in [-0.2, -0.15) is 4.31 Å². The van der Waals surface area contributed by atoms with E-state index in [1.807, 2.05) is 0 Å². The Morgan fingerprint density at radius 3 is 2.42 bits per heavy atom. The van der Waals surface area contributed by atoms with Crippen molar-refractivity contribution in [2.75, 3.05) is 32.8 Å². The number of carbonyl (C=O) groups excluding carboxylic acids is 1. The number of hydrogen-bond acceptors (Lipinski definition) is 6. The molecule has 1 heterocycles. The second kappa shape index (κ2) is 9.12. The predicted molar refractivity (Wildman–Crippen MR) is 105 cm³/mol. The Hall–Kier alpha value is -2.83. The van der Waals surface area contributed by atoms with Crippen LogP contribution in [0, 0.1) is 21.7 Å². The molecule has 0 aromatic heterocycles. The maximum Gasteiger partial charge on any atom is 0.311 e. The Labute approximate surface area is 181 Å². The third-order valence-electron chi connectivity index (χ3n) is 4.59. The fourth-order valence-corrected chi connectivity index (χ4v) is 4.64. The minimum Gasteiger partial charge on any atom is -0.477 e. The molecule has 1 aliphatic rings. The van der Waals surface area contributed by atoms with Gasteiger partial charge < -0.3 is 9.64 Å². The first-order valence-electron chi connectivity index (χ1n) is 8.89. The van der Waals surface area contributed by atoms with Gasteiger partial charge in [-0.25, -0.2) is 17.2 Å². The number of sulfonamides is 1. The predicted octanol–water partition coefficient (Wildman–Crippen LogP) is 2.44. The van der Waals surface area contributed by atoms with E-state index < -0.39 is 44.8 Å². The zero-order valence-corrected chi connectivity index (χ0v) is 17.4. The van der Waals surface area contributed by atoms with Gasteiger partial charge in [0.15, 0.2) is 6.61 Å². The minimum absolute atomic E-state index is 0.0246. The highest BCUT2D eigenvalue weighted by Gasteiger charge is 2.31. The van der Waals surface area contributed by atoms with Gasteiger partial charge in [0, 0.05) is 38.3 Å². The first kappa shape index (κ1) is 22.8. The van der Waals surface area contributed by atoms with Gasteiger partial charge in [0.2, 0.25) is 15.8 Å². The van der Waals surface area contributed by atoms with E-state index in [0.29, 0.717) is 0 Å². The Morgan fingerprint density at radius 2 is 1.81 bits per heavy atom. The van der Waals surface area contributed by atoms with Crippen LogP contribution in [0.15, 0.2) is 41.3 Å². The molecule has 2 aromatic carbocycles. The van der Waals surface area contributed by atoms with E-state index in [1.165, 1.54) is 4.90 Å². The summed E-state index contributed by atoms with van der Waals surface area (Å²) in [4.78, 5) is 23.7. The van der Waals surface area contributed by atoms with Crippen molar-refractivity contribution in [3.8, 4) is 5.75 Å². The third kappa shape index (κ3) is 5.09.